The lowest BCUT2D eigenvalue weighted by atomic mass is 9.95. The van der Waals surface area contributed by atoms with E-state index < -0.39 is 118 Å². The molecule has 3 fully saturated rings. The zero-order valence-electron chi connectivity index (χ0n) is 20.6. The molecular weight excluding hydrogens is 536 g/mol. The summed E-state index contributed by atoms with van der Waals surface area (Å²) in [7, 11) is 0. The summed E-state index contributed by atoms with van der Waals surface area (Å²) >= 11 is 0. The maximum atomic E-state index is 11.7. The highest BCUT2D eigenvalue weighted by Gasteiger charge is 2.53. The molecular formula is C20H34N4O15. The molecule has 3 rings (SSSR count). The number of ether oxygens (including phenoxy) is 5. The van der Waals surface area contributed by atoms with Crippen molar-refractivity contribution in [2.75, 3.05) is 19.8 Å². The second-order valence-corrected chi connectivity index (χ2v) is 9.27. The summed E-state index contributed by atoms with van der Waals surface area (Å²) in [5.74, 6) is -0.660. The first-order chi connectivity index (χ1) is 18.5. The molecule has 19 heteroatoms. The van der Waals surface area contributed by atoms with Crippen molar-refractivity contribution in [3.63, 3.8) is 0 Å². The summed E-state index contributed by atoms with van der Waals surface area (Å²) in [6.07, 6.45) is -23.2. The van der Waals surface area contributed by atoms with Gasteiger partial charge < -0.3 is 75.0 Å². The number of carbonyl (C=O) groups is 1. The third-order valence-corrected chi connectivity index (χ3v) is 6.66. The summed E-state index contributed by atoms with van der Waals surface area (Å²) in [5, 5.41) is 97.6. The normalized spacial score (nSPS) is 46.8. The van der Waals surface area contributed by atoms with Crippen LogP contribution in [0.3, 0.4) is 0 Å². The lowest BCUT2D eigenvalue weighted by molar-refractivity contribution is -0.366. The second-order valence-electron chi connectivity index (χ2n) is 9.27. The summed E-state index contributed by atoms with van der Waals surface area (Å²) in [4.78, 5) is 14.2. The second kappa shape index (κ2) is 13.7. The molecule has 0 aromatic heterocycles. The van der Waals surface area contributed by atoms with Gasteiger partial charge in [-0.2, -0.15) is 0 Å². The standard InChI is InChI=1S/C20H34N4O15/c1-5(28)22-9-12(31)10(29)6(2-25)36-19(9)39-17-11(30)7(3-26)37-20(15(17)34)38-16-8(4-27)35-18(23-24-21)14(33)13(16)32/h6-20,25-27,29-34H,2-4H2,1H3,(H,22,28)/t6-,7-,8-,9-,10-,11+,12-,13-,14-,15-,16-,17+,18-,19+,20+/m1/s1. The smallest absolute Gasteiger partial charge is 0.217 e. The molecule has 224 valence electrons. The molecule has 0 aromatic rings. The van der Waals surface area contributed by atoms with E-state index in [1.165, 1.54) is 0 Å². The van der Waals surface area contributed by atoms with Crippen LogP contribution in [-0.2, 0) is 28.5 Å². The van der Waals surface area contributed by atoms with Crippen molar-refractivity contribution in [3.8, 4) is 0 Å². The van der Waals surface area contributed by atoms with E-state index in [0.717, 1.165) is 6.92 Å². The molecule has 0 spiro atoms. The van der Waals surface area contributed by atoms with Crippen LogP contribution >= 0.6 is 0 Å². The first kappa shape index (κ1) is 31.7. The van der Waals surface area contributed by atoms with Gasteiger partial charge in [-0.05, 0) is 5.53 Å². The van der Waals surface area contributed by atoms with E-state index in [0.29, 0.717) is 0 Å². The van der Waals surface area contributed by atoms with E-state index in [4.69, 9.17) is 29.2 Å². The van der Waals surface area contributed by atoms with Crippen LogP contribution in [0, 0.1) is 0 Å². The van der Waals surface area contributed by atoms with E-state index in [-0.39, 0.29) is 0 Å². The van der Waals surface area contributed by atoms with Gasteiger partial charge in [0.1, 0.15) is 73.2 Å². The molecule has 0 bridgehead atoms. The van der Waals surface area contributed by atoms with Gasteiger partial charge in [-0.1, -0.05) is 5.11 Å². The Hall–Kier alpha value is -1.78. The fourth-order valence-corrected chi connectivity index (χ4v) is 4.60. The summed E-state index contributed by atoms with van der Waals surface area (Å²) in [5.41, 5.74) is 8.62. The predicted octanol–water partition coefficient (Wildman–Crippen LogP) is -6.11. The van der Waals surface area contributed by atoms with Crippen molar-refractivity contribution in [3.05, 3.63) is 10.4 Å². The van der Waals surface area contributed by atoms with Crippen molar-refractivity contribution in [1.82, 2.24) is 5.32 Å². The number of nitrogens with one attached hydrogen (secondary N) is 1. The molecule has 3 aliphatic rings. The van der Waals surface area contributed by atoms with Crippen molar-refractivity contribution in [1.29, 1.82) is 0 Å². The number of aliphatic hydroxyl groups excluding tert-OH is 9. The number of nitrogens with zero attached hydrogens (tertiary/aromatic N) is 3. The topological polar surface area (TPSA) is 306 Å². The van der Waals surface area contributed by atoms with Crippen molar-refractivity contribution >= 4 is 5.91 Å². The Morgan fingerprint density at radius 3 is 1.90 bits per heavy atom. The Balaban J connectivity index is 1.84. The number of carbonyl (C=O) groups excluding carboxylic acids is 1. The zero-order chi connectivity index (χ0) is 29.0. The first-order valence-electron chi connectivity index (χ1n) is 12.0. The quantitative estimate of drug-likeness (QED) is 0.0700. The molecule has 3 saturated heterocycles. The van der Waals surface area contributed by atoms with E-state index >= 15 is 0 Å². The Kier molecular flexibility index (Phi) is 11.2. The molecule has 1 amide bonds. The number of hydrogen-bond donors (Lipinski definition) is 10. The van der Waals surface area contributed by atoms with Crippen LogP contribution in [-0.4, -0.2) is 164 Å². The van der Waals surface area contributed by atoms with Gasteiger partial charge in [0.05, 0.1) is 19.8 Å². The van der Waals surface area contributed by atoms with Crippen molar-refractivity contribution in [2.45, 2.75) is 98.9 Å². The lowest BCUT2D eigenvalue weighted by Gasteiger charge is -2.48. The van der Waals surface area contributed by atoms with Gasteiger partial charge in [0.25, 0.3) is 0 Å². The summed E-state index contributed by atoms with van der Waals surface area (Å²) in [6.45, 7) is -1.29. The van der Waals surface area contributed by atoms with Crippen LogP contribution < -0.4 is 5.32 Å². The van der Waals surface area contributed by atoms with Crippen LogP contribution in [0.25, 0.3) is 10.4 Å². The molecule has 0 aliphatic carbocycles. The highest BCUT2D eigenvalue weighted by molar-refractivity contribution is 5.73. The third kappa shape index (κ3) is 6.76. The van der Waals surface area contributed by atoms with Gasteiger partial charge in [-0.25, -0.2) is 0 Å². The monoisotopic (exact) mass is 570 g/mol. The Morgan fingerprint density at radius 1 is 0.769 bits per heavy atom. The van der Waals surface area contributed by atoms with Gasteiger partial charge in [0.2, 0.25) is 5.91 Å². The van der Waals surface area contributed by atoms with Crippen LogP contribution in [0.4, 0.5) is 0 Å². The molecule has 0 aromatic carbocycles. The largest absolute Gasteiger partial charge is 0.394 e. The first-order valence-corrected chi connectivity index (χ1v) is 12.0. The minimum atomic E-state index is -1.93. The van der Waals surface area contributed by atoms with E-state index in [2.05, 4.69) is 15.3 Å². The number of hydrogen-bond acceptors (Lipinski definition) is 16. The SMILES string of the molecule is CC(=O)N[C@H]1[C@H](O[C@H]2[C@@H](O)[C@@H](CO)O[C@@H](O[C@H]3[C@H](O)[C@@H](O)[C@H](N=[N+]=[N-])O[C@@H]3CO)[C@@H]2O)O[C@H](CO)[C@@H](O)[C@@H]1O. The average Bonchev–Trinajstić information content (AvgIpc) is 2.91. The maximum absolute atomic E-state index is 11.7. The van der Waals surface area contributed by atoms with Gasteiger partial charge >= 0.3 is 0 Å². The number of aliphatic hydroxyl groups is 9. The van der Waals surface area contributed by atoms with Crippen LogP contribution in [0.2, 0.25) is 0 Å². The Labute approximate surface area is 220 Å². The molecule has 0 radical (unpaired) electrons. The van der Waals surface area contributed by atoms with Crippen LogP contribution in [0.5, 0.6) is 0 Å². The zero-order valence-corrected chi connectivity index (χ0v) is 20.6. The molecule has 3 aliphatic heterocycles. The lowest BCUT2D eigenvalue weighted by Crippen LogP contribution is -2.68. The molecule has 0 unspecified atom stereocenters. The average molecular weight is 571 g/mol. The predicted molar refractivity (Wildman–Crippen MR) is 120 cm³/mol. The molecule has 19 nitrogen and oxygen atoms in total. The minimum Gasteiger partial charge on any atom is -0.394 e. The molecule has 39 heavy (non-hydrogen) atoms. The Bertz CT molecular complexity index is 865. The molecule has 3 heterocycles. The van der Waals surface area contributed by atoms with Gasteiger partial charge in [-0.15, -0.1) is 0 Å². The highest BCUT2D eigenvalue weighted by Crippen LogP contribution is 2.32. The number of azide groups is 1. The van der Waals surface area contributed by atoms with Crippen LogP contribution in [0.1, 0.15) is 6.92 Å². The van der Waals surface area contributed by atoms with Gasteiger partial charge in [-0.3, -0.25) is 4.79 Å². The number of amides is 1. The maximum Gasteiger partial charge on any atom is 0.217 e. The van der Waals surface area contributed by atoms with Crippen molar-refractivity contribution < 1.29 is 74.4 Å². The fraction of sp³-hybridized carbons (Fsp3) is 0.950. The Morgan fingerprint density at radius 2 is 1.33 bits per heavy atom. The number of rotatable bonds is 9. The summed E-state index contributed by atoms with van der Waals surface area (Å²) in [6, 6.07) is -1.44. The van der Waals surface area contributed by atoms with Crippen LogP contribution in [0.15, 0.2) is 5.11 Å². The molecule has 10 N–H and O–H groups in total. The molecule has 0 saturated carbocycles. The molecule has 15 atom stereocenters. The fourth-order valence-electron chi connectivity index (χ4n) is 4.60. The van der Waals surface area contributed by atoms with Crippen molar-refractivity contribution in [2.24, 2.45) is 5.11 Å². The van der Waals surface area contributed by atoms with E-state index in [9.17, 15) is 50.8 Å². The minimum absolute atomic E-state index is 0.660. The van der Waals surface area contributed by atoms with E-state index in [1.807, 2.05) is 0 Å². The summed E-state index contributed by atoms with van der Waals surface area (Å²) < 4.78 is 27.4. The highest BCUT2D eigenvalue weighted by atomic mass is 16.7. The van der Waals surface area contributed by atoms with E-state index in [1.54, 1.807) is 0 Å². The third-order valence-electron chi connectivity index (χ3n) is 6.66. The van der Waals surface area contributed by atoms with Gasteiger partial charge in [0, 0.05) is 11.8 Å². The van der Waals surface area contributed by atoms with Gasteiger partial charge in [0.15, 0.2) is 18.8 Å².